The SMILES string of the molecule is O=C(c1c(O)cccc1O)N1C[C@@H]2C[C@H](C1)c1ccc(CN3CCCC3)c(=O)n1C2. The number of likely N-dealkylation sites (tertiary alicyclic amines) is 2. The standard InChI is InChI=1S/C23H27N3O4/c27-19-4-3-5-20(28)21(19)23(30)25-11-15-10-17(14-25)18-7-6-16(22(29)26(18)12-15)13-24-8-1-2-9-24/h3-7,15,17,27-28H,1-2,8-14H2/t15-,17+/m0/s1. The van der Waals surface area contributed by atoms with E-state index in [1.54, 1.807) is 4.90 Å². The molecule has 7 nitrogen and oxygen atoms in total. The zero-order chi connectivity index (χ0) is 20.8. The lowest BCUT2D eigenvalue weighted by atomic mass is 9.82. The van der Waals surface area contributed by atoms with Crippen LogP contribution >= 0.6 is 0 Å². The minimum absolute atomic E-state index is 0.0455. The first-order valence-electron chi connectivity index (χ1n) is 10.8. The Labute approximate surface area is 175 Å². The molecular formula is C23H27N3O4. The smallest absolute Gasteiger partial charge is 0.261 e. The van der Waals surface area contributed by atoms with E-state index in [2.05, 4.69) is 11.0 Å². The van der Waals surface area contributed by atoms with Gasteiger partial charge in [0.25, 0.3) is 11.5 Å². The van der Waals surface area contributed by atoms with Crippen LogP contribution in [0.15, 0.2) is 35.1 Å². The number of piperidine rings is 1. The third-order valence-corrected chi connectivity index (χ3v) is 6.80. The quantitative estimate of drug-likeness (QED) is 0.811. The maximum absolute atomic E-state index is 13.1. The van der Waals surface area contributed by atoms with Gasteiger partial charge in [-0.05, 0) is 56.5 Å². The fraction of sp³-hybridized carbons (Fsp3) is 0.478. The number of aromatic nitrogens is 1. The van der Waals surface area contributed by atoms with E-state index in [4.69, 9.17) is 0 Å². The van der Waals surface area contributed by atoms with E-state index in [1.165, 1.54) is 31.0 Å². The van der Waals surface area contributed by atoms with Crippen molar-refractivity contribution in [2.24, 2.45) is 5.92 Å². The Morgan fingerprint density at radius 2 is 1.73 bits per heavy atom. The van der Waals surface area contributed by atoms with E-state index in [9.17, 15) is 19.8 Å². The molecule has 0 saturated carbocycles. The maximum atomic E-state index is 13.1. The van der Waals surface area contributed by atoms with Gasteiger partial charge in [0.1, 0.15) is 17.1 Å². The van der Waals surface area contributed by atoms with E-state index < -0.39 is 0 Å². The monoisotopic (exact) mass is 409 g/mol. The molecule has 5 rings (SSSR count). The van der Waals surface area contributed by atoms with Crippen LogP contribution in [0.2, 0.25) is 0 Å². The highest BCUT2D eigenvalue weighted by molar-refractivity contribution is 5.99. The van der Waals surface area contributed by atoms with Crippen molar-refractivity contribution in [3.8, 4) is 11.5 Å². The molecule has 2 saturated heterocycles. The lowest BCUT2D eigenvalue weighted by Crippen LogP contribution is -2.49. The maximum Gasteiger partial charge on any atom is 0.261 e. The summed E-state index contributed by atoms with van der Waals surface area (Å²) in [5, 5.41) is 20.2. The number of carbonyl (C=O) groups excluding carboxylic acids is 1. The number of amides is 1. The number of carbonyl (C=O) groups is 1. The summed E-state index contributed by atoms with van der Waals surface area (Å²) >= 11 is 0. The van der Waals surface area contributed by atoms with E-state index >= 15 is 0 Å². The van der Waals surface area contributed by atoms with Gasteiger partial charge >= 0.3 is 0 Å². The third-order valence-electron chi connectivity index (χ3n) is 6.80. The summed E-state index contributed by atoms with van der Waals surface area (Å²) in [7, 11) is 0. The molecule has 158 valence electrons. The first kappa shape index (κ1) is 19.2. The molecule has 2 bridgehead atoms. The van der Waals surface area contributed by atoms with Crippen LogP contribution in [-0.4, -0.2) is 56.7 Å². The first-order valence-corrected chi connectivity index (χ1v) is 10.8. The molecule has 2 aromatic rings. The predicted octanol–water partition coefficient (Wildman–Crippen LogP) is 2.11. The second-order valence-corrected chi connectivity index (χ2v) is 8.86. The molecule has 2 fully saturated rings. The van der Waals surface area contributed by atoms with Gasteiger partial charge in [0.15, 0.2) is 0 Å². The molecular weight excluding hydrogens is 382 g/mol. The predicted molar refractivity (Wildman–Crippen MR) is 112 cm³/mol. The molecule has 7 heteroatoms. The van der Waals surface area contributed by atoms with Crippen LogP contribution in [0.4, 0.5) is 0 Å². The Balaban J connectivity index is 1.40. The van der Waals surface area contributed by atoms with Crippen molar-refractivity contribution in [1.82, 2.24) is 14.4 Å². The summed E-state index contributed by atoms with van der Waals surface area (Å²) < 4.78 is 1.92. The summed E-state index contributed by atoms with van der Waals surface area (Å²) in [5.41, 5.74) is 1.90. The second kappa shape index (κ2) is 7.47. The highest BCUT2D eigenvalue weighted by Gasteiger charge is 2.38. The molecule has 0 unspecified atom stereocenters. The molecule has 0 radical (unpaired) electrons. The fourth-order valence-electron chi connectivity index (χ4n) is 5.36. The zero-order valence-corrected chi connectivity index (χ0v) is 17.0. The number of nitrogens with zero attached hydrogens (tertiary/aromatic N) is 3. The van der Waals surface area contributed by atoms with Gasteiger partial charge in [-0.15, -0.1) is 0 Å². The molecule has 1 amide bonds. The van der Waals surface area contributed by atoms with Crippen LogP contribution in [0.5, 0.6) is 11.5 Å². The Kier molecular flexibility index (Phi) is 4.77. The molecule has 1 aromatic carbocycles. The Morgan fingerprint density at radius 3 is 2.47 bits per heavy atom. The van der Waals surface area contributed by atoms with E-state index in [0.29, 0.717) is 26.2 Å². The number of rotatable bonds is 3. The summed E-state index contributed by atoms with van der Waals surface area (Å²) in [6.07, 6.45) is 3.35. The molecule has 30 heavy (non-hydrogen) atoms. The van der Waals surface area contributed by atoms with Crippen molar-refractivity contribution in [3.05, 3.63) is 57.5 Å². The highest BCUT2D eigenvalue weighted by atomic mass is 16.3. The van der Waals surface area contributed by atoms with E-state index in [1.807, 2.05) is 10.6 Å². The number of aromatic hydroxyl groups is 2. The molecule has 3 aliphatic heterocycles. The van der Waals surface area contributed by atoms with Gasteiger partial charge < -0.3 is 19.7 Å². The van der Waals surface area contributed by atoms with Crippen LogP contribution in [0, 0.1) is 5.92 Å². The fourth-order valence-corrected chi connectivity index (χ4v) is 5.36. The van der Waals surface area contributed by atoms with Crippen molar-refractivity contribution >= 4 is 5.91 Å². The number of benzene rings is 1. The van der Waals surface area contributed by atoms with Crippen LogP contribution in [-0.2, 0) is 13.1 Å². The second-order valence-electron chi connectivity index (χ2n) is 8.86. The summed E-state index contributed by atoms with van der Waals surface area (Å²) in [6, 6.07) is 8.35. The summed E-state index contributed by atoms with van der Waals surface area (Å²) in [6.45, 7) is 4.44. The normalized spacial score (nSPS) is 23.4. The lowest BCUT2D eigenvalue weighted by molar-refractivity contribution is 0.0588. The molecule has 2 N–H and O–H groups in total. The topological polar surface area (TPSA) is 86.0 Å². The van der Waals surface area contributed by atoms with Crippen LogP contribution in [0.25, 0.3) is 0 Å². The van der Waals surface area contributed by atoms with Gasteiger partial charge in [0, 0.05) is 43.4 Å². The van der Waals surface area contributed by atoms with Crippen molar-refractivity contribution < 1.29 is 15.0 Å². The molecule has 4 heterocycles. The number of pyridine rings is 1. The Morgan fingerprint density at radius 1 is 1.00 bits per heavy atom. The average molecular weight is 409 g/mol. The molecule has 0 spiro atoms. The molecule has 1 aromatic heterocycles. The zero-order valence-electron chi connectivity index (χ0n) is 17.0. The average Bonchev–Trinajstić information content (AvgIpc) is 3.23. The summed E-state index contributed by atoms with van der Waals surface area (Å²) in [4.78, 5) is 30.2. The van der Waals surface area contributed by atoms with Crippen molar-refractivity contribution in [3.63, 3.8) is 0 Å². The van der Waals surface area contributed by atoms with Gasteiger partial charge in [0.05, 0.1) is 0 Å². The van der Waals surface area contributed by atoms with Crippen LogP contribution in [0.3, 0.4) is 0 Å². The summed E-state index contributed by atoms with van der Waals surface area (Å²) in [5.74, 6) is -0.504. The van der Waals surface area contributed by atoms with Crippen molar-refractivity contribution in [2.45, 2.75) is 38.3 Å². The highest BCUT2D eigenvalue weighted by Crippen LogP contribution is 2.37. The number of fused-ring (bicyclic) bond motifs is 4. The number of hydrogen-bond donors (Lipinski definition) is 2. The van der Waals surface area contributed by atoms with E-state index in [-0.39, 0.29) is 40.4 Å². The van der Waals surface area contributed by atoms with Gasteiger partial charge in [0.2, 0.25) is 0 Å². The van der Waals surface area contributed by atoms with Crippen LogP contribution in [0.1, 0.15) is 46.8 Å². The van der Waals surface area contributed by atoms with Gasteiger partial charge in [-0.3, -0.25) is 14.5 Å². The Hall–Kier alpha value is -2.80. The van der Waals surface area contributed by atoms with Crippen molar-refractivity contribution in [2.75, 3.05) is 26.2 Å². The van der Waals surface area contributed by atoms with Gasteiger partial charge in [-0.2, -0.15) is 0 Å². The lowest BCUT2D eigenvalue weighted by Gasteiger charge is -2.43. The van der Waals surface area contributed by atoms with E-state index in [0.717, 1.165) is 30.8 Å². The number of phenolic OH excluding ortho intramolecular Hbond substituents is 2. The van der Waals surface area contributed by atoms with Gasteiger partial charge in [-0.25, -0.2) is 0 Å². The largest absolute Gasteiger partial charge is 0.507 e. The minimum Gasteiger partial charge on any atom is -0.507 e. The third kappa shape index (κ3) is 3.27. The Bertz CT molecular complexity index is 1020. The molecule has 2 atom stereocenters. The first-order chi connectivity index (χ1) is 14.5. The molecule has 0 aliphatic carbocycles. The van der Waals surface area contributed by atoms with Crippen LogP contribution < -0.4 is 5.56 Å². The number of hydrogen-bond acceptors (Lipinski definition) is 5. The van der Waals surface area contributed by atoms with Crippen molar-refractivity contribution in [1.29, 1.82) is 0 Å². The molecule has 3 aliphatic rings. The van der Waals surface area contributed by atoms with Gasteiger partial charge in [-0.1, -0.05) is 12.1 Å². The minimum atomic E-state index is -0.359. The number of phenols is 2.